The maximum atomic E-state index is 11.9. The number of nitrogens with one attached hydrogen (secondary N) is 2. The molecule has 0 saturated heterocycles. The highest BCUT2D eigenvalue weighted by Crippen LogP contribution is 2.11. The number of urea groups is 1. The second kappa shape index (κ2) is 8.61. The Balaban J connectivity index is 1.45. The number of aromatic nitrogens is 4. The van der Waals surface area contributed by atoms with E-state index < -0.39 is 0 Å². The summed E-state index contributed by atoms with van der Waals surface area (Å²) in [6.45, 7) is 1.48. The van der Waals surface area contributed by atoms with Gasteiger partial charge in [-0.1, -0.05) is 12.1 Å². The normalized spacial score (nSPS) is 10.3. The van der Waals surface area contributed by atoms with Gasteiger partial charge in [-0.05, 0) is 23.8 Å². The largest absolute Gasteiger partial charge is 0.497 e. The molecular formula is C18H20N6O2. The van der Waals surface area contributed by atoms with Crippen LogP contribution in [-0.4, -0.2) is 39.2 Å². The van der Waals surface area contributed by atoms with Crippen LogP contribution in [0, 0.1) is 0 Å². The number of carbonyl (C=O) groups excluding carboxylic acids is 1. The van der Waals surface area contributed by atoms with Crippen LogP contribution in [-0.2, 0) is 13.1 Å². The number of hydrogen-bond donors (Lipinski definition) is 2. The van der Waals surface area contributed by atoms with Crippen molar-refractivity contribution in [2.45, 2.75) is 13.1 Å². The van der Waals surface area contributed by atoms with Crippen molar-refractivity contribution in [3.63, 3.8) is 0 Å². The maximum Gasteiger partial charge on any atom is 0.315 e. The molecule has 8 nitrogen and oxygen atoms in total. The van der Waals surface area contributed by atoms with Gasteiger partial charge in [-0.15, -0.1) is 0 Å². The van der Waals surface area contributed by atoms with Gasteiger partial charge in [0.15, 0.2) is 11.6 Å². The molecule has 0 radical (unpaired) electrons. The number of hydrogen-bond acceptors (Lipinski definition) is 5. The zero-order valence-electron chi connectivity index (χ0n) is 14.4. The highest BCUT2D eigenvalue weighted by atomic mass is 16.5. The smallest absolute Gasteiger partial charge is 0.315 e. The lowest BCUT2D eigenvalue weighted by Gasteiger charge is -2.10. The molecule has 3 aromatic rings. The molecule has 134 valence electrons. The van der Waals surface area contributed by atoms with Crippen molar-refractivity contribution in [2.75, 3.05) is 13.7 Å². The van der Waals surface area contributed by atoms with Gasteiger partial charge in [-0.3, -0.25) is 0 Å². The fraction of sp³-hybridized carbons (Fsp3) is 0.222. The van der Waals surface area contributed by atoms with E-state index >= 15 is 0 Å². The van der Waals surface area contributed by atoms with Gasteiger partial charge >= 0.3 is 6.03 Å². The predicted molar refractivity (Wildman–Crippen MR) is 96.5 cm³/mol. The van der Waals surface area contributed by atoms with Crippen LogP contribution in [0.5, 0.6) is 5.75 Å². The molecule has 8 heteroatoms. The Hall–Kier alpha value is -3.42. The first-order valence-corrected chi connectivity index (χ1v) is 8.19. The molecule has 26 heavy (non-hydrogen) atoms. The van der Waals surface area contributed by atoms with Crippen molar-refractivity contribution < 1.29 is 9.53 Å². The molecule has 0 fully saturated rings. The lowest BCUT2D eigenvalue weighted by atomic mass is 10.2. The van der Waals surface area contributed by atoms with Crippen molar-refractivity contribution in [2.24, 2.45) is 0 Å². The second-order valence-corrected chi connectivity index (χ2v) is 5.47. The summed E-state index contributed by atoms with van der Waals surface area (Å²) >= 11 is 0. The van der Waals surface area contributed by atoms with Gasteiger partial charge in [-0.25, -0.2) is 19.7 Å². The standard InChI is InChI=1S/C18H20N6O2/c1-26-15-5-3-14(4-6-15)13-23-18(25)22-10-12-24-11-9-21-17(24)16-19-7-2-8-20-16/h2-9,11H,10,12-13H2,1H3,(H2,22,23,25). The summed E-state index contributed by atoms with van der Waals surface area (Å²) in [5.41, 5.74) is 0.999. The zero-order valence-corrected chi connectivity index (χ0v) is 14.4. The van der Waals surface area contributed by atoms with Crippen molar-refractivity contribution in [3.05, 3.63) is 60.7 Å². The Labute approximate surface area is 151 Å². The Morgan fingerprint density at radius 2 is 1.85 bits per heavy atom. The van der Waals surface area contributed by atoms with E-state index in [1.54, 1.807) is 31.8 Å². The van der Waals surface area contributed by atoms with Crippen LogP contribution >= 0.6 is 0 Å². The fourth-order valence-corrected chi connectivity index (χ4v) is 2.39. The lowest BCUT2D eigenvalue weighted by molar-refractivity contribution is 0.240. The van der Waals surface area contributed by atoms with E-state index in [0.717, 1.165) is 11.3 Å². The van der Waals surface area contributed by atoms with Crippen LogP contribution in [0.4, 0.5) is 4.79 Å². The molecule has 2 aromatic heterocycles. The number of nitrogens with zero attached hydrogens (tertiary/aromatic N) is 4. The third-order valence-corrected chi connectivity index (χ3v) is 3.73. The van der Waals surface area contributed by atoms with E-state index in [1.165, 1.54) is 0 Å². The molecule has 2 amide bonds. The first-order chi connectivity index (χ1) is 12.8. The van der Waals surface area contributed by atoms with Gasteiger partial charge in [0.05, 0.1) is 7.11 Å². The van der Waals surface area contributed by atoms with E-state index in [9.17, 15) is 4.79 Å². The van der Waals surface area contributed by atoms with E-state index in [-0.39, 0.29) is 6.03 Å². The van der Waals surface area contributed by atoms with Crippen molar-refractivity contribution in [1.82, 2.24) is 30.2 Å². The molecule has 0 atom stereocenters. The lowest BCUT2D eigenvalue weighted by Crippen LogP contribution is -2.36. The summed E-state index contributed by atoms with van der Waals surface area (Å²) in [6, 6.07) is 9.08. The summed E-state index contributed by atoms with van der Waals surface area (Å²) in [7, 11) is 1.62. The Kier molecular flexibility index (Phi) is 5.76. The summed E-state index contributed by atoms with van der Waals surface area (Å²) in [6.07, 6.45) is 6.87. The molecule has 0 aliphatic rings. The third-order valence-electron chi connectivity index (χ3n) is 3.73. The summed E-state index contributed by atoms with van der Waals surface area (Å²) in [5.74, 6) is 2.02. The van der Waals surface area contributed by atoms with Crippen LogP contribution in [0.1, 0.15) is 5.56 Å². The zero-order chi connectivity index (χ0) is 18.2. The first-order valence-electron chi connectivity index (χ1n) is 8.19. The van der Waals surface area contributed by atoms with E-state index in [0.29, 0.717) is 31.3 Å². The monoisotopic (exact) mass is 352 g/mol. The van der Waals surface area contributed by atoms with Gasteiger partial charge < -0.3 is 19.9 Å². The van der Waals surface area contributed by atoms with Crippen LogP contribution in [0.3, 0.4) is 0 Å². The number of amides is 2. The number of methoxy groups -OCH3 is 1. The first kappa shape index (κ1) is 17.4. The number of ether oxygens (including phenoxy) is 1. The molecule has 0 aliphatic heterocycles. The number of benzene rings is 1. The van der Waals surface area contributed by atoms with Crippen molar-refractivity contribution in [1.29, 1.82) is 0 Å². The SMILES string of the molecule is COc1ccc(CNC(=O)NCCn2ccnc2-c2ncccn2)cc1. The minimum Gasteiger partial charge on any atom is -0.497 e. The molecular weight excluding hydrogens is 332 g/mol. The Morgan fingerprint density at radius 3 is 2.58 bits per heavy atom. The summed E-state index contributed by atoms with van der Waals surface area (Å²) < 4.78 is 7.01. The topological polar surface area (TPSA) is 94.0 Å². The Bertz CT molecular complexity index is 832. The second-order valence-electron chi connectivity index (χ2n) is 5.47. The molecule has 0 saturated carbocycles. The minimum absolute atomic E-state index is 0.224. The average molecular weight is 352 g/mol. The summed E-state index contributed by atoms with van der Waals surface area (Å²) in [5, 5.41) is 5.65. The van der Waals surface area contributed by atoms with Gasteiger partial charge in [-0.2, -0.15) is 0 Å². The summed E-state index contributed by atoms with van der Waals surface area (Å²) in [4.78, 5) is 24.6. The third kappa shape index (κ3) is 4.56. The van der Waals surface area contributed by atoms with Gasteiger partial charge in [0.25, 0.3) is 0 Å². The van der Waals surface area contributed by atoms with Crippen LogP contribution in [0.25, 0.3) is 11.6 Å². The number of carbonyl (C=O) groups is 1. The van der Waals surface area contributed by atoms with Crippen molar-refractivity contribution in [3.8, 4) is 17.4 Å². The highest BCUT2D eigenvalue weighted by molar-refractivity contribution is 5.73. The molecule has 0 spiro atoms. The van der Waals surface area contributed by atoms with E-state index in [2.05, 4.69) is 25.6 Å². The fourth-order valence-electron chi connectivity index (χ4n) is 2.39. The van der Waals surface area contributed by atoms with E-state index in [4.69, 9.17) is 4.74 Å². The number of rotatable bonds is 7. The predicted octanol–water partition coefficient (Wildman–Crippen LogP) is 1.85. The molecule has 0 unspecified atom stereocenters. The maximum absolute atomic E-state index is 11.9. The molecule has 2 heterocycles. The molecule has 0 aliphatic carbocycles. The quantitative estimate of drug-likeness (QED) is 0.677. The molecule has 3 rings (SSSR count). The molecule has 2 N–H and O–H groups in total. The molecule has 1 aromatic carbocycles. The van der Waals surface area contributed by atoms with E-state index in [1.807, 2.05) is 35.0 Å². The molecule has 0 bridgehead atoms. The average Bonchev–Trinajstić information content (AvgIpc) is 3.16. The number of imidazole rings is 1. The van der Waals surface area contributed by atoms with Gasteiger partial charge in [0.1, 0.15) is 5.75 Å². The van der Waals surface area contributed by atoms with Crippen LogP contribution in [0.15, 0.2) is 55.1 Å². The van der Waals surface area contributed by atoms with Gasteiger partial charge in [0, 0.05) is 44.4 Å². The highest BCUT2D eigenvalue weighted by Gasteiger charge is 2.08. The minimum atomic E-state index is -0.224. The van der Waals surface area contributed by atoms with Crippen LogP contribution in [0.2, 0.25) is 0 Å². The van der Waals surface area contributed by atoms with Crippen LogP contribution < -0.4 is 15.4 Å². The Morgan fingerprint density at radius 1 is 1.08 bits per heavy atom. The van der Waals surface area contributed by atoms with Crippen molar-refractivity contribution >= 4 is 6.03 Å². The van der Waals surface area contributed by atoms with Gasteiger partial charge in [0.2, 0.25) is 0 Å².